The third-order valence-electron chi connectivity index (χ3n) is 5.62. The van der Waals surface area contributed by atoms with Crippen molar-refractivity contribution in [2.75, 3.05) is 7.11 Å². The van der Waals surface area contributed by atoms with E-state index in [1.807, 2.05) is 91.0 Å². The molecule has 0 unspecified atom stereocenters. The van der Waals surface area contributed by atoms with E-state index >= 15 is 0 Å². The summed E-state index contributed by atoms with van der Waals surface area (Å²) in [6.45, 7) is 0.790. The highest BCUT2D eigenvalue weighted by molar-refractivity contribution is 5.96. The minimum absolute atomic E-state index is 0.377. The van der Waals surface area contributed by atoms with E-state index in [-0.39, 0.29) is 0 Å². The summed E-state index contributed by atoms with van der Waals surface area (Å²) in [6.07, 6.45) is 0. The Morgan fingerprint density at radius 2 is 1.49 bits per heavy atom. The van der Waals surface area contributed by atoms with E-state index in [0.717, 1.165) is 33.2 Å². The summed E-state index contributed by atoms with van der Waals surface area (Å²) >= 11 is 0. The van der Waals surface area contributed by atoms with Crippen LogP contribution in [0.25, 0.3) is 22.0 Å². The highest BCUT2D eigenvalue weighted by atomic mass is 16.5. The number of methoxy groups -OCH3 is 1. The lowest BCUT2D eigenvalue weighted by atomic mass is 10.1. The monoisotopic (exact) mass is 464 g/mol. The van der Waals surface area contributed by atoms with E-state index in [2.05, 4.69) is 9.97 Å². The summed E-state index contributed by atoms with van der Waals surface area (Å²) in [5, 5.41) is 0.890. The Morgan fingerprint density at radius 3 is 2.17 bits per heavy atom. The van der Waals surface area contributed by atoms with Gasteiger partial charge in [-0.05, 0) is 41.0 Å². The Labute approximate surface area is 203 Å². The third kappa shape index (κ3) is 5.17. The maximum atomic E-state index is 11.9. The van der Waals surface area contributed by atoms with Gasteiger partial charge in [-0.25, -0.2) is 4.79 Å². The Hall–Kier alpha value is -4.58. The van der Waals surface area contributed by atoms with E-state index in [1.165, 1.54) is 7.11 Å². The molecule has 0 atom stereocenters. The van der Waals surface area contributed by atoms with Crippen LogP contribution in [0, 0.1) is 0 Å². The number of aromatic nitrogens is 2. The molecular weight excluding hydrogens is 440 g/mol. The molecule has 6 nitrogen and oxygen atoms in total. The van der Waals surface area contributed by atoms with Crippen molar-refractivity contribution in [1.82, 2.24) is 9.97 Å². The highest BCUT2D eigenvalue weighted by Crippen LogP contribution is 2.33. The molecule has 2 heterocycles. The van der Waals surface area contributed by atoms with E-state index in [0.29, 0.717) is 30.7 Å². The third-order valence-corrected chi connectivity index (χ3v) is 5.62. The summed E-state index contributed by atoms with van der Waals surface area (Å²) in [5.74, 6) is 0.551. The number of esters is 1. The number of pyridine rings is 1. The zero-order valence-electron chi connectivity index (χ0n) is 19.2. The van der Waals surface area contributed by atoms with Gasteiger partial charge in [0.25, 0.3) is 0 Å². The van der Waals surface area contributed by atoms with Crippen molar-refractivity contribution in [1.29, 1.82) is 0 Å². The average Bonchev–Trinajstić information content (AvgIpc) is 3.35. The summed E-state index contributed by atoms with van der Waals surface area (Å²) in [6, 6.07) is 31.4. The van der Waals surface area contributed by atoms with Crippen molar-refractivity contribution >= 4 is 16.9 Å². The smallest absolute Gasteiger partial charge is 0.354 e. The molecule has 3 aromatic carbocycles. The number of aromatic amines is 1. The van der Waals surface area contributed by atoms with Gasteiger partial charge in [-0.3, -0.25) is 0 Å². The minimum Gasteiger partial charge on any atom is -0.473 e. The van der Waals surface area contributed by atoms with E-state index in [9.17, 15) is 4.79 Å². The Morgan fingerprint density at radius 1 is 0.800 bits per heavy atom. The number of carbonyl (C=O) groups excluding carboxylic acids is 1. The van der Waals surface area contributed by atoms with Crippen LogP contribution >= 0.6 is 0 Å². The van der Waals surface area contributed by atoms with Crippen LogP contribution in [0.5, 0.6) is 11.8 Å². The molecule has 35 heavy (non-hydrogen) atoms. The predicted octanol–water partition coefficient (Wildman–Crippen LogP) is 6.17. The van der Waals surface area contributed by atoms with E-state index in [1.54, 1.807) is 6.07 Å². The molecule has 0 spiro atoms. The standard InChI is InChI=1S/C29H24N2O4/c1-33-29(32)26-17-23-16-22(12-14-25(23)30-26)24-13-15-27(34-18-20-8-4-2-5-9-20)31-28(24)35-19-21-10-6-3-7-11-21/h2-17,30H,18-19H2,1H3. The Kier molecular flexibility index (Phi) is 6.44. The minimum atomic E-state index is -0.406. The van der Waals surface area contributed by atoms with E-state index < -0.39 is 5.97 Å². The quantitative estimate of drug-likeness (QED) is 0.278. The van der Waals surface area contributed by atoms with Crippen LogP contribution in [-0.4, -0.2) is 23.0 Å². The number of H-pyrrole nitrogens is 1. The molecule has 5 aromatic rings. The van der Waals surface area contributed by atoms with Crippen molar-refractivity contribution in [3.63, 3.8) is 0 Å². The normalized spacial score (nSPS) is 10.8. The number of ether oxygens (including phenoxy) is 3. The van der Waals surface area contributed by atoms with Gasteiger partial charge >= 0.3 is 5.97 Å². The Balaban J connectivity index is 1.46. The zero-order chi connectivity index (χ0) is 24.0. The number of nitrogens with one attached hydrogen (secondary N) is 1. The highest BCUT2D eigenvalue weighted by Gasteiger charge is 2.14. The molecular formula is C29H24N2O4. The molecule has 0 aliphatic heterocycles. The molecule has 0 saturated carbocycles. The number of fused-ring (bicyclic) bond motifs is 1. The van der Waals surface area contributed by atoms with Crippen molar-refractivity contribution in [3.05, 3.63) is 114 Å². The summed E-state index contributed by atoms with van der Waals surface area (Å²) in [7, 11) is 1.36. The first-order valence-corrected chi connectivity index (χ1v) is 11.3. The van der Waals surface area contributed by atoms with Gasteiger partial charge in [0.2, 0.25) is 11.8 Å². The van der Waals surface area contributed by atoms with Crippen LogP contribution in [0.4, 0.5) is 0 Å². The first-order chi connectivity index (χ1) is 17.2. The maximum Gasteiger partial charge on any atom is 0.354 e. The fraction of sp³-hybridized carbons (Fsp3) is 0.103. The van der Waals surface area contributed by atoms with Crippen LogP contribution < -0.4 is 9.47 Å². The summed E-state index contributed by atoms with van der Waals surface area (Å²) in [4.78, 5) is 19.7. The molecule has 0 aliphatic rings. The van der Waals surface area contributed by atoms with Gasteiger partial charge in [0.15, 0.2) is 0 Å². The topological polar surface area (TPSA) is 73.4 Å². The molecule has 174 valence electrons. The van der Waals surface area contributed by atoms with Crippen molar-refractivity contribution in [3.8, 4) is 22.9 Å². The summed E-state index contributed by atoms with van der Waals surface area (Å²) in [5.41, 5.74) is 5.09. The van der Waals surface area contributed by atoms with Crippen LogP contribution in [0.15, 0.2) is 97.1 Å². The molecule has 6 heteroatoms. The van der Waals surface area contributed by atoms with Gasteiger partial charge in [0.05, 0.1) is 7.11 Å². The number of nitrogens with zero attached hydrogens (tertiary/aromatic N) is 1. The SMILES string of the molecule is COC(=O)c1cc2cc(-c3ccc(OCc4ccccc4)nc3OCc3ccccc3)ccc2[nH]1. The largest absolute Gasteiger partial charge is 0.473 e. The second kappa shape index (κ2) is 10.1. The van der Waals surface area contributed by atoms with Gasteiger partial charge in [-0.2, -0.15) is 4.98 Å². The molecule has 2 aromatic heterocycles. The van der Waals surface area contributed by atoms with Crippen LogP contribution in [-0.2, 0) is 18.0 Å². The van der Waals surface area contributed by atoms with Gasteiger partial charge < -0.3 is 19.2 Å². The van der Waals surface area contributed by atoms with Gasteiger partial charge in [0, 0.05) is 22.5 Å². The van der Waals surface area contributed by atoms with Crippen molar-refractivity contribution < 1.29 is 19.0 Å². The number of rotatable bonds is 8. The fourth-order valence-electron chi connectivity index (χ4n) is 3.81. The zero-order valence-corrected chi connectivity index (χ0v) is 19.2. The average molecular weight is 465 g/mol. The second-order valence-electron chi connectivity index (χ2n) is 8.03. The molecule has 0 amide bonds. The number of hydrogen-bond acceptors (Lipinski definition) is 5. The molecule has 1 N–H and O–H groups in total. The van der Waals surface area contributed by atoms with Gasteiger partial charge in [-0.15, -0.1) is 0 Å². The lowest BCUT2D eigenvalue weighted by Crippen LogP contribution is -2.02. The molecule has 0 radical (unpaired) electrons. The molecule has 5 rings (SSSR count). The lowest BCUT2D eigenvalue weighted by Gasteiger charge is -2.13. The Bertz CT molecular complexity index is 1450. The molecule has 0 fully saturated rings. The molecule has 0 aliphatic carbocycles. The first kappa shape index (κ1) is 22.2. The number of carbonyl (C=O) groups is 1. The number of hydrogen-bond donors (Lipinski definition) is 1. The van der Waals surface area contributed by atoms with Crippen molar-refractivity contribution in [2.45, 2.75) is 13.2 Å². The van der Waals surface area contributed by atoms with Gasteiger partial charge in [0.1, 0.15) is 18.9 Å². The van der Waals surface area contributed by atoms with E-state index in [4.69, 9.17) is 14.2 Å². The van der Waals surface area contributed by atoms with Gasteiger partial charge in [-0.1, -0.05) is 66.7 Å². The maximum absolute atomic E-state index is 11.9. The number of benzene rings is 3. The molecule has 0 bridgehead atoms. The fourth-order valence-corrected chi connectivity index (χ4v) is 3.81. The lowest BCUT2D eigenvalue weighted by molar-refractivity contribution is 0.0595. The van der Waals surface area contributed by atoms with Crippen LogP contribution in [0.3, 0.4) is 0 Å². The van der Waals surface area contributed by atoms with Crippen molar-refractivity contribution in [2.24, 2.45) is 0 Å². The first-order valence-electron chi connectivity index (χ1n) is 11.3. The molecule has 0 saturated heterocycles. The summed E-state index contributed by atoms with van der Waals surface area (Å²) < 4.78 is 16.9. The second-order valence-corrected chi connectivity index (χ2v) is 8.03. The van der Waals surface area contributed by atoms with Crippen LogP contribution in [0.2, 0.25) is 0 Å². The predicted molar refractivity (Wildman–Crippen MR) is 134 cm³/mol. The van der Waals surface area contributed by atoms with Crippen LogP contribution in [0.1, 0.15) is 21.6 Å².